The van der Waals surface area contributed by atoms with E-state index in [1.54, 1.807) is 0 Å². The summed E-state index contributed by atoms with van der Waals surface area (Å²) in [6.45, 7) is 5.60. The lowest BCUT2D eigenvalue weighted by Gasteiger charge is -2.24. The van der Waals surface area contributed by atoms with Crippen molar-refractivity contribution in [2.75, 3.05) is 45.8 Å². The van der Waals surface area contributed by atoms with Crippen LogP contribution in [-0.2, 0) is 0 Å². The molecule has 1 aliphatic rings. The van der Waals surface area contributed by atoms with Gasteiger partial charge in [-0.2, -0.15) is 0 Å². The summed E-state index contributed by atoms with van der Waals surface area (Å²) in [6, 6.07) is 8.24. The van der Waals surface area contributed by atoms with Crippen molar-refractivity contribution in [2.24, 2.45) is 0 Å². The van der Waals surface area contributed by atoms with Crippen molar-refractivity contribution >= 4 is 0 Å². The zero-order chi connectivity index (χ0) is 15.6. The van der Waals surface area contributed by atoms with Gasteiger partial charge in [-0.05, 0) is 0 Å². The van der Waals surface area contributed by atoms with Crippen molar-refractivity contribution in [2.45, 2.75) is 12.1 Å². The Balaban J connectivity index is 2.06. The molecule has 1 heterocycles. The minimum Gasteiger partial charge on any atom is -0.314 e. The van der Waals surface area contributed by atoms with Crippen LogP contribution in [0.2, 0.25) is 0 Å². The summed E-state index contributed by atoms with van der Waals surface area (Å²) in [5, 5.41) is 24.9. The predicted octanol–water partition coefficient (Wildman–Crippen LogP) is -0.255. The lowest BCUT2D eigenvalue weighted by Crippen LogP contribution is -2.49. The summed E-state index contributed by atoms with van der Waals surface area (Å²) in [7, 11) is 0. The van der Waals surface area contributed by atoms with Gasteiger partial charge < -0.3 is 21.3 Å². The van der Waals surface area contributed by atoms with Crippen LogP contribution in [0.25, 0.3) is 0 Å². The van der Waals surface area contributed by atoms with Gasteiger partial charge in [0.25, 0.3) is 6.04 Å². The van der Waals surface area contributed by atoms with E-state index in [2.05, 4.69) is 21.3 Å². The number of hydrogen-bond acceptors (Lipinski definition) is 6. The number of nitrogens with one attached hydrogen (secondary N) is 4. The van der Waals surface area contributed by atoms with Gasteiger partial charge in [-0.1, -0.05) is 30.3 Å². The first-order chi connectivity index (χ1) is 10.8. The van der Waals surface area contributed by atoms with Crippen molar-refractivity contribution in [3.63, 3.8) is 0 Å². The normalized spacial score (nSPS) is 23.0. The van der Waals surface area contributed by atoms with E-state index in [0.29, 0.717) is 13.1 Å². The highest BCUT2D eigenvalue weighted by atomic mass is 16.6. The van der Waals surface area contributed by atoms with Crippen molar-refractivity contribution in [1.82, 2.24) is 21.3 Å². The Kier molecular flexibility index (Phi) is 7.24. The van der Waals surface area contributed by atoms with Crippen molar-refractivity contribution in [1.29, 1.82) is 0 Å². The maximum absolute atomic E-state index is 11.6. The van der Waals surface area contributed by atoms with Gasteiger partial charge in [0.05, 0.1) is 6.04 Å². The van der Waals surface area contributed by atoms with Gasteiger partial charge in [0.1, 0.15) is 0 Å². The fourth-order valence-electron chi connectivity index (χ4n) is 2.65. The fraction of sp³-hybridized carbons (Fsp3) is 0.600. The van der Waals surface area contributed by atoms with Crippen molar-refractivity contribution < 1.29 is 4.92 Å². The molecule has 0 spiro atoms. The molecule has 0 aliphatic carbocycles. The van der Waals surface area contributed by atoms with Crippen LogP contribution in [-0.4, -0.2) is 56.8 Å². The Hall–Kier alpha value is -1.54. The zero-order valence-electron chi connectivity index (χ0n) is 12.8. The van der Waals surface area contributed by atoms with E-state index in [4.69, 9.17) is 0 Å². The second kappa shape index (κ2) is 9.47. The molecule has 1 aromatic carbocycles. The monoisotopic (exact) mass is 307 g/mol. The first kappa shape index (κ1) is 16.8. The molecular weight excluding hydrogens is 282 g/mol. The molecule has 1 fully saturated rings. The molecule has 122 valence electrons. The van der Waals surface area contributed by atoms with E-state index in [-0.39, 0.29) is 11.0 Å². The zero-order valence-corrected chi connectivity index (χ0v) is 12.8. The molecule has 7 nitrogen and oxygen atoms in total. The van der Waals surface area contributed by atoms with Gasteiger partial charge >= 0.3 is 0 Å². The third kappa shape index (κ3) is 5.34. The summed E-state index contributed by atoms with van der Waals surface area (Å²) in [5.41, 5.74) is 0.741. The molecule has 0 amide bonds. The molecule has 4 N–H and O–H groups in total. The predicted molar refractivity (Wildman–Crippen MR) is 86.6 cm³/mol. The molecule has 2 rings (SSSR count). The molecule has 1 aromatic rings. The quantitative estimate of drug-likeness (QED) is 0.454. The first-order valence-electron chi connectivity index (χ1n) is 7.83. The smallest absolute Gasteiger partial charge is 0.254 e. The van der Waals surface area contributed by atoms with E-state index in [9.17, 15) is 10.1 Å². The van der Waals surface area contributed by atoms with E-state index >= 15 is 0 Å². The molecule has 0 radical (unpaired) electrons. The number of benzene rings is 1. The Morgan fingerprint density at radius 3 is 2.18 bits per heavy atom. The molecule has 0 bridgehead atoms. The number of rotatable bonds is 3. The summed E-state index contributed by atoms with van der Waals surface area (Å²) in [6.07, 6.45) is 0. The summed E-state index contributed by atoms with van der Waals surface area (Å²) in [4.78, 5) is 11.4. The molecule has 2 atom stereocenters. The number of hydrogen-bond donors (Lipinski definition) is 4. The van der Waals surface area contributed by atoms with Gasteiger partial charge in [0.2, 0.25) is 0 Å². The van der Waals surface area contributed by atoms with Gasteiger partial charge in [-0.25, -0.2) is 0 Å². The second-order valence-corrected chi connectivity index (χ2v) is 5.41. The molecule has 2 unspecified atom stereocenters. The fourth-order valence-corrected chi connectivity index (χ4v) is 2.65. The van der Waals surface area contributed by atoms with E-state index in [1.165, 1.54) is 0 Å². The maximum atomic E-state index is 11.6. The molecular formula is C15H25N5O2. The standard InChI is InChI=1S/C15H25N5O2/c21-20(22)15(13-4-2-1-3-5-13)14-12-18-9-8-16-6-7-17-10-11-19-14/h1-5,14-19H,6-12H2. The second-order valence-electron chi connectivity index (χ2n) is 5.41. The first-order valence-corrected chi connectivity index (χ1v) is 7.83. The van der Waals surface area contributed by atoms with Crippen LogP contribution in [0.1, 0.15) is 11.6 Å². The van der Waals surface area contributed by atoms with Crippen LogP contribution in [0.15, 0.2) is 30.3 Å². The minimum atomic E-state index is -0.746. The lowest BCUT2D eigenvalue weighted by atomic mass is 9.99. The molecule has 0 saturated carbocycles. The maximum Gasteiger partial charge on any atom is 0.254 e. The average molecular weight is 307 g/mol. The number of nitro groups is 1. The molecule has 7 heteroatoms. The summed E-state index contributed by atoms with van der Waals surface area (Å²) >= 11 is 0. The van der Waals surface area contributed by atoms with Crippen molar-refractivity contribution in [3.8, 4) is 0 Å². The van der Waals surface area contributed by atoms with Gasteiger partial charge in [-0.3, -0.25) is 10.1 Å². The molecule has 1 saturated heterocycles. The van der Waals surface area contributed by atoms with Gasteiger partial charge in [-0.15, -0.1) is 0 Å². The minimum absolute atomic E-state index is 0.188. The SMILES string of the molecule is O=[N+]([O-])C(c1ccccc1)C1CNCCNCCNCCN1. The lowest BCUT2D eigenvalue weighted by molar-refractivity contribution is -0.533. The van der Waals surface area contributed by atoms with Crippen LogP contribution in [0.5, 0.6) is 0 Å². The topological polar surface area (TPSA) is 91.3 Å². The Labute approximate surface area is 131 Å². The van der Waals surface area contributed by atoms with E-state index in [0.717, 1.165) is 38.3 Å². The van der Waals surface area contributed by atoms with Gasteiger partial charge in [0.15, 0.2) is 0 Å². The molecule has 0 aromatic heterocycles. The van der Waals surface area contributed by atoms with Crippen LogP contribution < -0.4 is 21.3 Å². The highest BCUT2D eigenvalue weighted by Crippen LogP contribution is 2.20. The highest BCUT2D eigenvalue weighted by molar-refractivity contribution is 5.19. The summed E-state index contributed by atoms with van der Waals surface area (Å²) in [5.74, 6) is 0. The Bertz CT molecular complexity index is 431. The van der Waals surface area contributed by atoms with Crippen LogP contribution in [0.3, 0.4) is 0 Å². The van der Waals surface area contributed by atoms with E-state index in [1.807, 2.05) is 30.3 Å². The molecule has 22 heavy (non-hydrogen) atoms. The van der Waals surface area contributed by atoms with Crippen LogP contribution >= 0.6 is 0 Å². The Morgan fingerprint density at radius 2 is 1.55 bits per heavy atom. The number of nitrogens with zero attached hydrogens (tertiary/aromatic N) is 1. The average Bonchev–Trinajstić information content (AvgIpc) is 2.50. The third-order valence-electron chi connectivity index (χ3n) is 3.78. The summed E-state index contributed by atoms with van der Waals surface area (Å²) < 4.78 is 0. The Morgan fingerprint density at radius 1 is 0.955 bits per heavy atom. The van der Waals surface area contributed by atoms with Crippen LogP contribution in [0.4, 0.5) is 0 Å². The highest BCUT2D eigenvalue weighted by Gasteiger charge is 2.32. The van der Waals surface area contributed by atoms with Crippen LogP contribution in [0, 0.1) is 10.1 Å². The van der Waals surface area contributed by atoms with Gasteiger partial charge in [0, 0.05) is 56.3 Å². The molecule has 1 aliphatic heterocycles. The van der Waals surface area contributed by atoms with Crippen molar-refractivity contribution in [3.05, 3.63) is 46.0 Å². The van der Waals surface area contributed by atoms with E-state index < -0.39 is 6.04 Å². The third-order valence-corrected chi connectivity index (χ3v) is 3.78. The largest absolute Gasteiger partial charge is 0.314 e.